The summed E-state index contributed by atoms with van der Waals surface area (Å²) in [5, 5.41) is 1.11. The fraction of sp³-hybridized carbons (Fsp3) is 0.381. The summed E-state index contributed by atoms with van der Waals surface area (Å²) in [7, 11) is 0. The van der Waals surface area contributed by atoms with Crippen molar-refractivity contribution in [3.05, 3.63) is 53.9 Å². The van der Waals surface area contributed by atoms with Crippen LogP contribution in [0.2, 0.25) is 0 Å². The van der Waals surface area contributed by atoms with Crippen LogP contribution >= 0.6 is 0 Å². The summed E-state index contributed by atoms with van der Waals surface area (Å²) < 4.78 is 11.1. The Morgan fingerprint density at radius 3 is 2.88 bits per heavy atom. The van der Waals surface area contributed by atoms with Gasteiger partial charge in [-0.3, -0.25) is 4.90 Å². The van der Waals surface area contributed by atoms with Gasteiger partial charge in [0.15, 0.2) is 0 Å². The first-order valence-corrected chi connectivity index (χ1v) is 9.41. The van der Waals surface area contributed by atoms with E-state index < -0.39 is 0 Å². The van der Waals surface area contributed by atoms with Crippen LogP contribution in [0.15, 0.2) is 47.2 Å². The lowest BCUT2D eigenvalue weighted by atomic mass is 10.1. The van der Waals surface area contributed by atoms with Crippen molar-refractivity contribution >= 4 is 16.8 Å². The molecule has 2 aliphatic heterocycles. The largest absolute Gasteiger partial charge is 0.493 e. The highest BCUT2D eigenvalue weighted by Gasteiger charge is 2.20. The number of benzene rings is 1. The van der Waals surface area contributed by atoms with Crippen molar-refractivity contribution in [3.63, 3.8) is 0 Å². The van der Waals surface area contributed by atoms with Crippen LogP contribution in [0, 0.1) is 0 Å². The normalized spacial score (nSPS) is 17.5. The van der Waals surface area contributed by atoms with Crippen LogP contribution in [-0.2, 0) is 12.8 Å². The maximum atomic E-state index is 5.60. The Hall–Kier alpha value is -2.53. The van der Waals surface area contributed by atoms with Crippen LogP contribution in [0.1, 0.15) is 11.1 Å². The predicted octanol–water partition coefficient (Wildman–Crippen LogP) is 3.13. The van der Waals surface area contributed by atoms with E-state index in [2.05, 4.69) is 33.0 Å². The number of fused-ring (bicyclic) bond motifs is 2. The topological polar surface area (TPSA) is 41.7 Å². The summed E-state index contributed by atoms with van der Waals surface area (Å²) in [6.45, 7) is 6.10. The van der Waals surface area contributed by atoms with Crippen molar-refractivity contribution in [2.75, 3.05) is 44.2 Å². The zero-order chi connectivity index (χ0) is 17.3. The molecule has 3 aromatic rings. The highest BCUT2D eigenvalue weighted by molar-refractivity contribution is 5.88. The second-order valence-electron chi connectivity index (χ2n) is 7.09. The Bertz CT molecular complexity index is 913. The van der Waals surface area contributed by atoms with Gasteiger partial charge in [-0.05, 0) is 35.7 Å². The van der Waals surface area contributed by atoms with E-state index in [1.165, 1.54) is 11.1 Å². The predicted molar refractivity (Wildman–Crippen MR) is 102 cm³/mol. The van der Waals surface area contributed by atoms with Gasteiger partial charge in [0, 0.05) is 45.3 Å². The van der Waals surface area contributed by atoms with Gasteiger partial charge >= 0.3 is 0 Å². The molecule has 0 aliphatic carbocycles. The first-order valence-electron chi connectivity index (χ1n) is 9.41. The molecule has 0 bridgehead atoms. The zero-order valence-corrected chi connectivity index (χ0v) is 14.9. The monoisotopic (exact) mass is 349 g/mol. The van der Waals surface area contributed by atoms with Gasteiger partial charge in [0.05, 0.1) is 18.3 Å². The van der Waals surface area contributed by atoms with E-state index in [0.29, 0.717) is 0 Å². The first kappa shape index (κ1) is 15.7. The molecule has 2 aromatic heterocycles. The van der Waals surface area contributed by atoms with Gasteiger partial charge in [0.1, 0.15) is 17.2 Å². The van der Waals surface area contributed by atoms with Crippen molar-refractivity contribution in [1.82, 2.24) is 9.88 Å². The Morgan fingerprint density at radius 2 is 1.96 bits per heavy atom. The smallest absolute Gasteiger partial charge is 0.139 e. The van der Waals surface area contributed by atoms with E-state index in [-0.39, 0.29) is 0 Å². The summed E-state index contributed by atoms with van der Waals surface area (Å²) in [6.07, 6.45) is 5.73. The lowest BCUT2D eigenvalue weighted by Gasteiger charge is -2.35. The number of hydrogen-bond acceptors (Lipinski definition) is 5. The molecule has 26 heavy (non-hydrogen) atoms. The standard InChI is InChI=1S/C21H23N3O2/c1-2-19-17(5-13-25-19)15-16(1)4-8-23-9-11-24(12-10-23)21-18-6-14-26-20(18)3-7-22-21/h1-3,6-7,14-15H,4-5,8-13H2. The third-order valence-corrected chi connectivity index (χ3v) is 5.50. The molecule has 1 fully saturated rings. The van der Waals surface area contributed by atoms with Gasteiger partial charge in [-0.1, -0.05) is 12.1 Å². The molecule has 0 N–H and O–H groups in total. The van der Waals surface area contributed by atoms with E-state index in [1.807, 2.05) is 18.3 Å². The number of nitrogens with zero attached hydrogens (tertiary/aromatic N) is 3. The summed E-state index contributed by atoms with van der Waals surface area (Å²) in [4.78, 5) is 9.52. The number of rotatable bonds is 4. The highest BCUT2D eigenvalue weighted by atomic mass is 16.5. The Morgan fingerprint density at radius 1 is 1.04 bits per heavy atom. The third-order valence-electron chi connectivity index (χ3n) is 5.50. The zero-order valence-electron chi connectivity index (χ0n) is 14.9. The third kappa shape index (κ3) is 2.92. The van der Waals surface area contributed by atoms with Crippen molar-refractivity contribution in [2.24, 2.45) is 0 Å². The minimum atomic E-state index is 0.832. The molecule has 0 atom stereocenters. The second-order valence-corrected chi connectivity index (χ2v) is 7.09. The summed E-state index contributed by atoms with van der Waals surface area (Å²) >= 11 is 0. The molecule has 134 valence electrons. The number of hydrogen-bond donors (Lipinski definition) is 0. The molecule has 5 rings (SSSR count). The molecule has 0 unspecified atom stereocenters. The van der Waals surface area contributed by atoms with Crippen LogP contribution < -0.4 is 9.64 Å². The van der Waals surface area contributed by atoms with Crippen molar-refractivity contribution in [3.8, 4) is 5.75 Å². The molecule has 0 spiro atoms. The van der Waals surface area contributed by atoms with Gasteiger partial charge < -0.3 is 14.1 Å². The molecule has 4 heterocycles. The Balaban J connectivity index is 1.19. The first-order chi connectivity index (χ1) is 12.9. The minimum absolute atomic E-state index is 0.832. The Kier molecular flexibility index (Phi) is 4.02. The van der Waals surface area contributed by atoms with Crippen LogP contribution in [-0.4, -0.2) is 49.2 Å². The van der Waals surface area contributed by atoms with Crippen LogP contribution in [0.4, 0.5) is 5.82 Å². The lowest BCUT2D eigenvalue weighted by molar-refractivity contribution is 0.260. The van der Waals surface area contributed by atoms with Gasteiger partial charge in [-0.2, -0.15) is 0 Å². The molecular weight excluding hydrogens is 326 g/mol. The summed E-state index contributed by atoms with van der Waals surface area (Å²) in [5.74, 6) is 2.12. The molecule has 1 aromatic carbocycles. The maximum Gasteiger partial charge on any atom is 0.139 e. The van der Waals surface area contributed by atoms with Gasteiger partial charge in [-0.25, -0.2) is 4.98 Å². The number of anilines is 1. The highest BCUT2D eigenvalue weighted by Crippen LogP contribution is 2.27. The van der Waals surface area contributed by atoms with E-state index in [4.69, 9.17) is 9.15 Å². The molecule has 5 nitrogen and oxygen atoms in total. The molecule has 1 saturated heterocycles. The van der Waals surface area contributed by atoms with Crippen LogP contribution in [0.5, 0.6) is 5.75 Å². The Labute approximate surface area is 153 Å². The van der Waals surface area contributed by atoms with E-state index in [9.17, 15) is 0 Å². The number of piperazine rings is 1. The van der Waals surface area contributed by atoms with Gasteiger partial charge in [0.25, 0.3) is 0 Å². The molecule has 5 heteroatoms. The molecular formula is C21H23N3O2. The van der Waals surface area contributed by atoms with Crippen LogP contribution in [0.25, 0.3) is 11.0 Å². The summed E-state index contributed by atoms with van der Waals surface area (Å²) in [6, 6.07) is 10.6. The van der Waals surface area contributed by atoms with Gasteiger partial charge in [0.2, 0.25) is 0 Å². The minimum Gasteiger partial charge on any atom is -0.493 e. The quantitative estimate of drug-likeness (QED) is 0.724. The molecule has 0 amide bonds. The second kappa shape index (κ2) is 6.65. The van der Waals surface area contributed by atoms with E-state index in [1.54, 1.807) is 6.26 Å². The average molecular weight is 349 g/mol. The number of furan rings is 1. The fourth-order valence-electron chi connectivity index (χ4n) is 4.00. The number of aromatic nitrogens is 1. The average Bonchev–Trinajstić information content (AvgIpc) is 3.35. The molecule has 0 saturated carbocycles. The number of ether oxygens (including phenoxy) is 1. The molecule has 2 aliphatic rings. The van der Waals surface area contributed by atoms with Crippen molar-refractivity contribution in [2.45, 2.75) is 12.8 Å². The van der Waals surface area contributed by atoms with E-state index in [0.717, 1.165) is 74.7 Å². The lowest BCUT2D eigenvalue weighted by Crippen LogP contribution is -2.47. The van der Waals surface area contributed by atoms with E-state index >= 15 is 0 Å². The van der Waals surface area contributed by atoms with Crippen LogP contribution in [0.3, 0.4) is 0 Å². The summed E-state index contributed by atoms with van der Waals surface area (Å²) in [5.41, 5.74) is 3.70. The maximum absolute atomic E-state index is 5.60. The number of pyridine rings is 1. The fourth-order valence-corrected chi connectivity index (χ4v) is 4.00. The van der Waals surface area contributed by atoms with Crippen molar-refractivity contribution in [1.29, 1.82) is 0 Å². The SMILES string of the molecule is c1cc2occc2c(N2CCN(CCc3ccc4c(c3)CCO4)CC2)n1. The molecule has 0 radical (unpaired) electrons. The van der Waals surface area contributed by atoms with Crippen molar-refractivity contribution < 1.29 is 9.15 Å². The van der Waals surface area contributed by atoms with Gasteiger partial charge in [-0.15, -0.1) is 0 Å².